The fourth-order valence-corrected chi connectivity index (χ4v) is 2.35. The molecule has 1 aromatic heterocycles. The highest BCUT2D eigenvalue weighted by Crippen LogP contribution is 2.20. The maximum atomic E-state index is 12.0. The van der Waals surface area contributed by atoms with Gasteiger partial charge in [0.15, 0.2) is 0 Å². The first-order chi connectivity index (χ1) is 9.02. The molecule has 0 bridgehead atoms. The molecule has 1 unspecified atom stereocenters. The first-order valence-electron chi connectivity index (χ1n) is 6.63. The minimum absolute atomic E-state index is 0.161. The smallest absolute Gasteiger partial charge is 0.317 e. The van der Waals surface area contributed by atoms with E-state index in [4.69, 9.17) is 0 Å². The van der Waals surface area contributed by atoms with E-state index in [0.717, 1.165) is 25.2 Å². The molecule has 106 valence electrons. The number of nitrogens with one attached hydrogen (secondary N) is 1. The van der Waals surface area contributed by atoms with Crippen molar-refractivity contribution in [2.75, 3.05) is 13.1 Å². The summed E-state index contributed by atoms with van der Waals surface area (Å²) in [5.41, 5.74) is -0.779. The van der Waals surface area contributed by atoms with Crippen LogP contribution in [0, 0.1) is 0 Å². The van der Waals surface area contributed by atoms with Gasteiger partial charge in [0.2, 0.25) is 0 Å². The number of carbonyl (C=O) groups is 1. The Hall–Kier alpha value is -1.63. The molecule has 1 fully saturated rings. The molecule has 0 spiro atoms. The molecular weight excluding hydrogens is 246 g/mol. The molecule has 2 rings (SSSR count). The predicted molar refractivity (Wildman–Crippen MR) is 69.4 cm³/mol. The number of aliphatic hydroxyl groups is 1. The molecule has 0 aromatic carbocycles. The summed E-state index contributed by atoms with van der Waals surface area (Å²) in [5, 5.41) is 16.8. The summed E-state index contributed by atoms with van der Waals surface area (Å²) in [5.74, 6) is 0.736. The zero-order valence-corrected chi connectivity index (χ0v) is 11.5. The number of aromatic nitrogens is 3. The van der Waals surface area contributed by atoms with Crippen LogP contribution < -0.4 is 5.32 Å². The maximum absolute atomic E-state index is 12.0. The lowest BCUT2D eigenvalue weighted by Gasteiger charge is -2.36. The third-order valence-electron chi connectivity index (χ3n) is 3.36. The summed E-state index contributed by atoms with van der Waals surface area (Å²) in [6.45, 7) is 5.87. The SMILES string of the molecule is CCn1ncnc1CNC(=O)N1CCCC(C)(O)C1. The van der Waals surface area contributed by atoms with Gasteiger partial charge in [0.05, 0.1) is 18.7 Å². The van der Waals surface area contributed by atoms with Gasteiger partial charge in [-0.05, 0) is 26.7 Å². The van der Waals surface area contributed by atoms with E-state index in [0.29, 0.717) is 19.6 Å². The molecule has 1 atom stereocenters. The summed E-state index contributed by atoms with van der Waals surface area (Å²) < 4.78 is 1.74. The average Bonchev–Trinajstić information content (AvgIpc) is 2.82. The zero-order valence-electron chi connectivity index (χ0n) is 11.5. The largest absolute Gasteiger partial charge is 0.388 e. The molecule has 0 radical (unpaired) electrons. The van der Waals surface area contributed by atoms with Crippen LogP contribution in [-0.4, -0.2) is 49.5 Å². The Morgan fingerprint density at radius 3 is 3.11 bits per heavy atom. The number of carbonyl (C=O) groups excluding carboxylic acids is 1. The maximum Gasteiger partial charge on any atom is 0.317 e. The van der Waals surface area contributed by atoms with Gasteiger partial charge in [-0.25, -0.2) is 14.5 Å². The minimum atomic E-state index is -0.779. The highest BCUT2D eigenvalue weighted by atomic mass is 16.3. The van der Waals surface area contributed by atoms with E-state index in [1.807, 2.05) is 6.92 Å². The van der Waals surface area contributed by atoms with Crippen LogP contribution in [0.2, 0.25) is 0 Å². The molecule has 7 nitrogen and oxygen atoms in total. The van der Waals surface area contributed by atoms with Crippen LogP contribution in [0.1, 0.15) is 32.5 Å². The second-order valence-corrected chi connectivity index (χ2v) is 5.17. The molecule has 1 saturated heterocycles. The van der Waals surface area contributed by atoms with Gasteiger partial charge in [0.1, 0.15) is 12.2 Å². The third-order valence-corrected chi connectivity index (χ3v) is 3.36. The summed E-state index contributed by atoms with van der Waals surface area (Å²) >= 11 is 0. The van der Waals surface area contributed by atoms with Gasteiger partial charge < -0.3 is 15.3 Å². The van der Waals surface area contributed by atoms with E-state index in [2.05, 4.69) is 15.4 Å². The Kier molecular flexibility index (Phi) is 4.04. The number of amides is 2. The zero-order chi connectivity index (χ0) is 13.9. The lowest BCUT2D eigenvalue weighted by Crippen LogP contribution is -2.51. The van der Waals surface area contributed by atoms with Gasteiger partial charge in [0, 0.05) is 13.1 Å². The lowest BCUT2D eigenvalue weighted by atomic mass is 9.95. The molecule has 0 saturated carbocycles. The molecular formula is C12H21N5O2. The summed E-state index contributed by atoms with van der Waals surface area (Å²) in [4.78, 5) is 17.8. The molecule has 19 heavy (non-hydrogen) atoms. The number of β-amino-alcohol motifs (C(OH)–C–C–N with tert-alkyl or cyclic N) is 1. The van der Waals surface area contributed by atoms with E-state index in [1.54, 1.807) is 16.5 Å². The van der Waals surface area contributed by atoms with E-state index in [-0.39, 0.29) is 6.03 Å². The average molecular weight is 267 g/mol. The first-order valence-corrected chi connectivity index (χ1v) is 6.63. The Balaban J connectivity index is 1.87. The summed E-state index contributed by atoms with van der Waals surface area (Å²) in [6, 6.07) is -0.161. The van der Waals surface area contributed by atoms with E-state index in [1.165, 1.54) is 6.33 Å². The molecule has 7 heteroatoms. The number of likely N-dealkylation sites (tertiary alicyclic amines) is 1. The number of piperidine rings is 1. The number of rotatable bonds is 3. The number of hydrogen-bond acceptors (Lipinski definition) is 4. The molecule has 1 aliphatic rings. The number of urea groups is 1. The van der Waals surface area contributed by atoms with Crippen LogP contribution in [0.3, 0.4) is 0 Å². The Bertz CT molecular complexity index is 443. The van der Waals surface area contributed by atoms with Crippen LogP contribution in [0.15, 0.2) is 6.33 Å². The van der Waals surface area contributed by atoms with Crippen molar-refractivity contribution >= 4 is 6.03 Å². The Labute approximate surface area is 112 Å². The van der Waals surface area contributed by atoms with Crippen molar-refractivity contribution in [1.29, 1.82) is 0 Å². The van der Waals surface area contributed by atoms with E-state index >= 15 is 0 Å². The molecule has 2 amide bonds. The first kappa shape index (κ1) is 13.8. The molecule has 0 aliphatic carbocycles. The molecule has 2 N–H and O–H groups in total. The Morgan fingerprint density at radius 1 is 1.63 bits per heavy atom. The van der Waals surface area contributed by atoms with Gasteiger partial charge in [-0.3, -0.25) is 0 Å². The van der Waals surface area contributed by atoms with Crippen LogP contribution in [0.5, 0.6) is 0 Å². The minimum Gasteiger partial charge on any atom is -0.388 e. The van der Waals surface area contributed by atoms with Crippen LogP contribution in [-0.2, 0) is 13.1 Å². The fourth-order valence-electron chi connectivity index (χ4n) is 2.35. The van der Waals surface area contributed by atoms with Crippen LogP contribution in [0.4, 0.5) is 4.79 Å². The fraction of sp³-hybridized carbons (Fsp3) is 0.750. The lowest BCUT2D eigenvalue weighted by molar-refractivity contribution is -0.00255. The van der Waals surface area contributed by atoms with Gasteiger partial charge >= 0.3 is 6.03 Å². The number of hydrogen-bond donors (Lipinski definition) is 2. The highest BCUT2D eigenvalue weighted by molar-refractivity contribution is 5.74. The van der Waals surface area contributed by atoms with Gasteiger partial charge in [-0.2, -0.15) is 5.10 Å². The van der Waals surface area contributed by atoms with Crippen molar-refractivity contribution in [3.63, 3.8) is 0 Å². The van der Waals surface area contributed by atoms with Gasteiger partial charge in [0.25, 0.3) is 0 Å². The van der Waals surface area contributed by atoms with Crippen molar-refractivity contribution in [2.24, 2.45) is 0 Å². The van der Waals surface area contributed by atoms with Crippen molar-refractivity contribution in [2.45, 2.75) is 45.4 Å². The number of nitrogens with zero attached hydrogens (tertiary/aromatic N) is 4. The van der Waals surface area contributed by atoms with E-state index < -0.39 is 5.60 Å². The number of aryl methyl sites for hydroxylation is 1. The quantitative estimate of drug-likeness (QED) is 0.828. The monoisotopic (exact) mass is 267 g/mol. The Morgan fingerprint density at radius 2 is 2.42 bits per heavy atom. The normalized spacial score (nSPS) is 23.4. The van der Waals surface area contributed by atoms with Crippen LogP contribution in [0.25, 0.3) is 0 Å². The second-order valence-electron chi connectivity index (χ2n) is 5.17. The molecule has 1 aliphatic heterocycles. The third kappa shape index (κ3) is 3.44. The molecule has 2 heterocycles. The van der Waals surface area contributed by atoms with Crippen molar-refractivity contribution in [1.82, 2.24) is 25.0 Å². The standard InChI is InChI=1S/C12H21N5O2/c1-3-17-10(14-9-15-17)7-13-11(18)16-6-4-5-12(2,19)8-16/h9,19H,3-8H2,1-2H3,(H,13,18). The highest BCUT2D eigenvalue weighted by Gasteiger charge is 2.30. The molecule has 1 aromatic rings. The predicted octanol–water partition coefficient (Wildman–Crippen LogP) is 0.354. The van der Waals surface area contributed by atoms with Crippen molar-refractivity contribution < 1.29 is 9.90 Å². The summed E-state index contributed by atoms with van der Waals surface area (Å²) in [7, 11) is 0. The summed E-state index contributed by atoms with van der Waals surface area (Å²) in [6.07, 6.45) is 3.04. The van der Waals surface area contributed by atoms with Gasteiger partial charge in [-0.1, -0.05) is 0 Å². The van der Waals surface area contributed by atoms with Crippen molar-refractivity contribution in [3.05, 3.63) is 12.2 Å². The topological polar surface area (TPSA) is 83.3 Å². The van der Waals surface area contributed by atoms with Crippen molar-refractivity contribution in [3.8, 4) is 0 Å². The van der Waals surface area contributed by atoms with Crippen LogP contribution >= 0.6 is 0 Å². The van der Waals surface area contributed by atoms with Gasteiger partial charge in [-0.15, -0.1) is 0 Å². The second kappa shape index (κ2) is 5.56. The van der Waals surface area contributed by atoms with E-state index in [9.17, 15) is 9.90 Å².